The highest BCUT2D eigenvalue weighted by Crippen LogP contribution is 2.26. The van der Waals surface area contributed by atoms with Gasteiger partial charge in [0.25, 0.3) is 0 Å². The number of rotatable bonds is 7. The fraction of sp³-hybridized carbons (Fsp3) is 0.455. The molecule has 0 spiro atoms. The van der Waals surface area contributed by atoms with E-state index in [9.17, 15) is 0 Å². The maximum atomic E-state index is 8.64. The molecule has 0 aliphatic rings. The predicted molar refractivity (Wildman–Crippen MR) is 62.9 cm³/mol. The molecule has 0 atom stereocenters. The summed E-state index contributed by atoms with van der Waals surface area (Å²) in [4.78, 5) is 0. The molecule has 0 fully saturated rings. The van der Waals surface area contributed by atoms with E-state index in [0.29, 0.717) is 19.6 Å². The van der Waals surface area contributed by atoms with E-state index in [1.54, 1.807) is 0 Å². The molecule has 1 N–H and O–H groups in total. The van der Waals surface area contributed by atoms with Crippen LogP contribution in [0.1, 0.15) is 6.42 Å². The van der Waals surface area contributed by atoms with Crippen molar-refractivity contribution >= 4 is 15.9 Å². The Hall–Kier alpha value is -0.740. The van der Waals surface area contributed by atoms with Gasteiger partial charge >= 0.3 is 0 Å². The van der Waals surface area contributed by atoms with Crippen LogP contribution in [0.25, 0.3) is 0 Å². The van der Waals surface area contributed by atoms with Crippen LogP contribution in [0.2, 0.25) is 0 Å². The van der Waals surface area contributed by atoms with Gasteiger partial charge in [-0.1, -0.05) is 28.1 Å². The second-order valence-corrected chi connectivity index (χ2v) is 3.70. The number of hydrogen-bond acceptors (Lipinski definition) is 3. The van der Waals surface area contributed by atoms with Crippen LogP contribution in [-0.2, 0) is 0 Å². The molecular weight excluding hydrogens is 260 g/mol. The van der Waals surface area contributed by atoms with Gasteiger partial charge in [0.15, 0.2) is 11.5 Å². The van der Waals surface area contributed by atoms with Crippen LogP contribution in [0.15, 0.2) is 24.3 Å². The van der Waals surface area contributed by atoms with Gasteiger partial charge in [-0.3, -0.25) is 0 Å². The van der Waals surface area contributed by atoms with Gasteiger partial charge < -0.3 is 14.6 Å². The molecule has 3 nitrogen and oxygen atoms in total. The summed E-state index contributed by atoms with van der Waals surface area (Å²) in [6, 6.07) is 7.54. The van der Waals surface area contributed by atoms with Crippen molar-refractivity contribution in [1.82, 2.24) is 0 Å². The average Bonchev–Trinajstić information content (AvgIpc) is 2.28. The summed E-state index contributed by atoms with van der Waals surface area (Å²) in [5.74, 6) is 1.47. The normalized spacial score (nSPS) is 10.0. The van der Waals surface area contributed by atoms with E-state index in [1.165, 1.54) is 0 Å². The van der Waals surface area contributed by atoms with Crippen LogP contribution in [-0.4, -0.2) is 30.3 Å². The molecule has 0 bridgehead atoms. The monoisotopic (exact) mass is 274 g/mol. The standard InChI is InChI=1S/C11H15BrO3/c12-6-9-15-11-5-2-1-4-10(11)14-8-3-7-13/h1-2,4-5,13H,3,6-9H2. The summed E-state index contributed by atoms with van der Waals surface area (Å²) >= 11 is 3.30. The number of alkyl halides is 1. The van der Waals surface area contributed by atoms with Crippen molar-refractivity contribution in [3.63, 3.8) is 0 Å². The van der Waals surface area contributed by atoms with E-state index in [-0.39, 0.29) is 6.61 Å². The summed E-state index contributed by atoms with van der Waals surface area (Å²) in [6.07, 6.45) is 0.632. The van der Waals surface area contributed by atoms with E-state index in [1.807, 2.05) is 24.3 Å². The molecule has 1 aromatic rings. The molecule has 0 aliphatic carbocycles. The number of hydrogen-bond donors (Lipinski definition) is 1. The fourth-order valence-electron chi connectivity index (χ4n) is 1.08. The molecule has 0 aliphatic heterocycles. The van der Waals surface area contributed by atoms with Crippen LogP contribution in [0, 0.1) is 0 Å². The van der Waals surface area contributed by atoms with Gasteiger partial charge in [0, 0.05) is 18.4 Å². The van der Waals surface area contributed by atoms with Crippen molar-refractivity contribution in [3.8, 4) is 11.5 Å². The highest BCUT2D eigenvalue weighted by atomic mass is 79.9. The molecule has 1 aromatic carbocycles. The van der Waals surface area contributed by atoms with Crippen LogP contribution in [0.4, 0.5) is 0 Å². The third-order valence-electron chi connectivity index (χ3n) is 1.74. The first-order valence-corrected chi connectivity index (χ1v) is 6.02. The van der Waals surface area contributed by atoms with E-state index in [0.717, 1.165) is 16.8 Å². The Morgan fingerprint density at radius 2 is 1.67 bits per heavy atom. The summed E-state index contributed by atoms with van der Waals surface area (Å²) in [7, 11) is 0. The van der Waals surface area contributed by atoms with Gasteiger partial charge in [-0.2, -0.15) is 0 Å². The Balaban J connectivity index is 2.52. The van der Waals surface area contributed by atoms with Gasteiger partial charge in [0.05, 0.1) is 13.2 Å². The highest BCUT2D eigenvalue weighted by molar-refractivity contribution is 9.09. The zero-order valence-electron chi connectivity index (χ0n) is 8.49. The van der Waals surface area contributed by atoms with E-state index >= 15 is 0 Å². The molecule has 0 radical (unpaired) electrons. The number of para-hydroxylation sites is 2. The zero-order valence-corrected chi connectivity index (χ0v) is 10.1. The fourth-order valence-corrected chi connectivity index (χ4v) is 1.25. The molecule has 0 amide bonds. The minimum Gasteiger partial charge on any atom is -0.490 e. The van der Waals surface area contributed by atoms with Crippen LogP contribution < -0.4 is 9.47 Å². The van der Waals surface area contributed by atoms with Gasteiger partial charge in [-0.15, -0.1) is 0 Å². The van der Waals surface area contributed by atoms with Crippen molar-refractivity contribution in [3.05, 3.63) is 24.3 Å². The Bertz CT molecular complexity index is 278. The highest BCUT2D eigenvalue weighted by Gasteiger charge is 2.02. The van der Waals surface area contributed by atoms with Gasteiger partial charge in [0.2, 0.25) is 0 Å². The van der Waals surface area contributed by atoms with Crippen molar-refractivity contribution in [2.24, 2.45) is 0 Å². The average molecular weight is 275 g/mol. The second-order valence-electron chi connectivity index (χ2n) is 2.91. The van der Waals surface area contributed by atoms with Crippen molar-refractivity contribution in [2.75, 3.05) is 25.2 Å². The van der Waals surface area contributed by atoms with Gasteiger partial charge in [-0.05, 0) is 12.1 Å². The van der Waals surface area contributed by atoms with E-state index in [2.05, 4.69) is 15.9 Å². The SMILES string of the molecule is OCCCOc1ccccc1OCCBr. The Labute approximate surface area is 98.1 Å². The van der Waals surface area contributed by atoms with Gasteiger partial charge in [0.1, 0.15) is 0 Å². The summed E-state index contributed by atoms with van der Waals surface area (Å²) in [5.41, 5.74) is 0. The maximum Gasteiger partial charge on any atom is 0.161 e. The predicted octanol–water partition coefficient (Wildman–Crippen LogP) is 2.22. The largest absolute Gasteiger partial charge is 0.490 e. The smallest absolute Gasteiger partial charge is 0.161 e. The number of benzene rings is 1. The number of aliphatic hydroxyl groups is 1. The first-order valence-electron chi connectivity index (χ1n) is 4.90. The lowest BCUT2D eigenvalue weighted by Gasteiger charge is -2.11. The summed E-state index contributed by atoms with van der Waals surface area (Å²) < 4.78 is 11.0. The van der Waals surface area contributed by atoms with Crippen LogP contribution in [0.3, 0.4) is 0 Å². The van der Waals surface area contributed by atoms with Gasteiger partial charge in [-0.25, -0.2) is 0 Å². The third-order valence-corrected chi connectivity index (χ3v) is 2.07. The Morgan fingerprint density at radius 3 is 2.20 bits per heavy atom. The lowest BCUT2D eigenvalue weighted by atomic mass is 10.3. The quantitative estimate of drug-likeness (QED) is 0.612. The molecule has 0 saturated carbocycles. The first-order chi connectivity index (χ1) is 7.38. The third kappa shape index (κ3) is 4.53. The number of ether oxygens (including phenoxy) is 2. The van der Waals surface area contributed by atoms with Crippen LogP contribution in [0.5, 0.6) is 11.5 Å². The number of aliphatic hydroxyl groups excluding tert-OH is 1. The van der Waals surface area contributed by atoms with E-state index < -0.39 is 0 Å². The molecule has 0 saturated heterocycles. The minimum atomic E-state index is 0.143. The Kier molecular flexibility index (Phi) is 6.20. The molecule has 0 aromatic heterocycles. The topological polar surface area (TPSA) is 38.7 Å². The Morgan fingerprint density at radius 1 is 1.07 bits per heavy atom. The molecule has 0 unspecified atom stereocenters. The van der Waals surface area contributed by atoms with Crippen LogP contribution >= 0.6 is 15.9 Å². The van der Waals surface area contributed by atoms with Crippen molar-refractivity contribution < 1.29 is 14.6 Å². The zero-order chi connectivity index (χ0) is 10.9. The molecule has 1 rings (SSSR count). The lowest BCUT2D eigenvalue weighted by Crippen LogP contribution is -2.03. The van der Waals surface area contributed by atoms with Crippen molar-refractivity contribution in [2.45, 2.75) is 6.42 Å². The lowest BCUT2D eigenvalue weighted by molar-refractivity contribution is 0.225. The number of halogens is 1. The first kappa shape index (κ1) is 12.3. The molecule has 0 heterocycles. The molecule has 15 heavy (non-hydrogen) atoms. The maximum absolute atomic E-state index is 8.64. The second kappa shape index (κ2) is 7.54. The molecule has 4 heteroatoms. The molecular formula is C11H15BrO3. The summed E-state index contributed by atoms with van der Waals surface area (Å²) in [5, 5.41) is 9.43. The van der Waals surface area contributed by atoms with E-state index in [4.69, 9.17) is 14.6 Å². The summed E-state index contributed by atoms with van der Waals surface area (Å²) in [6.45, 7) is 1.26. The minimum absolute atomic E-state index is 0.143. The molecule has 84 valence electrons. The van der Waals surface area contributed by atoms with Crippen molar-refractivity contribution in [1.29, 1.82) is 0 Å².